The standard InChI is InChI=1S/C28H38N8O3/c1-18(2)32-23-13-14-36(24-12-9-20(16-30-24)27(38)34(3)4)17-22(23)25(29)26(37)31-15-19-7-10-21(11-8-19)33-28(39)35(5)6/h7-12,16,18H,13-15,17,29H2,1-6H3,(H,31,37)(H,33,39)/b25-22-,32-23?. The Balaban J connectivity index is 1.74. The third-order valence-corrected chi connectivity index (χ3v) is 6.09. The van der Waals surface area contributed by atoms with Gasteiger partial charge in [-0.15, -0.1) is 0 Å². The number of hydrogen-bond acceptors (Lipinski definition) is 7. The lowest BCUT2D eigenvalue weighted by molar-refractivity contribution is -0.117. The lowest BCUT2D eigenvalue weighted by Gasteiger charge is -2.32. The summed E-state index contributed by atoms with van der Waals surface area (Å²) in [6.07, 6.45) is 2.17. The number of piperidine rings is 1. The largest absolute Gasteiger partial charge is 0.394 e. The van der Waals surface area contributed by atoms with Gasteiger partial charge in [-0.2, -0.15) is 0 Å². The van der Waals surface area contributed by atoms with Crippen molar-refractivity contribution in [3.63, 3.8) is 0 Å². The van der Waals surface area contributed by atoms with Crippen molar-refractivity contribution in [3.05, 3.63) is 65.0 Å². The van der Waals surface area contributed by atoms with Gasteiger partial charge >= 0.3 is 6.03 Å². The van der Waals surface area contributed by atoms with E-state index in [4.69, 9.17) is 10.7 Å². The van der Waals surface area contributed by atoms with Gasteiger partial charge in [0, 0.05) is 83.5 Å². The van der Waals surface area contributed by atoms with Crippen molar-refractivity contribution in [1.82, 2.24) is 20.1 Å². The number of nitrogens with two attached hydrogens (primary N) is 1. The second kappa shape index (κ2) is 12.9. The minimum absolute atomic E-state index is 0.0540. The molecule has 208 valence electrons. The summed E-state index contributed by atoms with van der Waals surface area (Å²) in [6.45, 7) is 5.28. The highest BCUT2D eigenvalue weighted by Gasteiger charge is 2.26. The van der Waals surface area contributed by atoms with Gasteiger partial charge in [0.25, 0.3) is 11.8 Å². The first-order chi connectivity index (χ1) is 18.5. The molecule has 11 heteroatoms. The first kappa shape index (κ1) is 29.2. The minimum atomic E-state index is -0.381. The summed E-state index contributed by atoms with van der Waals surface area (Å²) in [7, 11) is 6.73. The normalized spacial score (nSPS) is 15.7. The highest BCUT2D eigenvalue weighted by molar-refractivity contribution is 6.09. The van der Waals surface area contributed by atoms with Crippen LogP contribution in [-0.4, -0.2) is 85.7 Å². The topological polar surface area (TPSA) is 136 Å². The van der Waals surface area contributed by atoms with Crippen molar-refractivity contribution in [2.75, 3.05) is 51.5 Å². The molecule has 0 aliphatic carbocycles. The number of aliphatic imine (C=N–C) groups is 1. The van der Waals surface area contributed by atoms with Gasteiger partial charge in [0.2, 0.25) is 0 Å². The number of aromatic nitrogens is 1. The van der Waals surface area contributed by atoms with Crippen LogP contribution in [0.5, 0.6) is 0 Å². The van der Waals surface area contributed by atoms with Gasteiger partial charge in [-0.1, -0.05) is 12.1 Å². The smallest absolute Gasteiger partial charge is 0.321 e. The van der Waals surface area contributed by atoms with Crippen LogP contribution in [0.25, 0.3) is 0 Å². The lowest BCUT2D eigenvalue weighted by Crippen LogP contribution is -2.40. The van der Waals surface area contributed by atoms with Gasteiger partial charge in [-0.05, 0) is 43.7 Å². The number of carbonyl (C=O) groups excluding carboxylic acids is 3. The summed E-state index contributed by atoms with van der Waals surface area (Å²) in [5.74, 6) is 0.197. The van der Waals surface area contributed by atoms with Gasteiger partial charge < -0.3 is 31.1 Å². The van der Waals surface area contributed by atoms with Crippen LogP contribution in [0.15, 0.2) is 58.9 Å². The number of anilines is 2. The fraction of sp³-hybridized carbons (Fsp3) is 0.393. The van der Waals surface area contributed by atoms with E-state index in [2.05, 4.69) is 15.6 Å². The number of carbonyl (C=O) groups is 3. The maximum atomic E-state index is 13.1. The van der Waals surface area contributed by atoms with Crippen LogP contribution in [0.1, 0.15) is 36.2 Å². The van der Waals surface area contributed by atoms with Crippen molar-refractivity contribution in [3.8, 4) is 0 Å². The zero-order chi connectivity index (χ0) is 28.7. The van der Waals surface area contributed by atoms with E-state index in [1.54, 1.807) is 58.7 Å². The Labute approximate surface area is 229 Å². The molecule has 1 aliphatic heterocycles. The summed E-state index contributed by atoms with van der Waals surface area (Å²) in [4.78, 5) is 51.3. The molecule has 1 aliphatic rings. The molecule has 39 heavy (non-hydrogen) atoms. The maximum Gasteiger partial charge on any atom is 0.321 e. The van der Waals surface area contributed by atoms with E-state index in [1.165, 1.54) is 9.80 Å². The zero-order valence-corrected chi connectivity index (χ0v) is 23.5. The molecule has 11 nitrogen and oxygen atoms in total. The third-order valence-electron chi connectivity index (χ3n) is 6.09. The molecule has 0 radical (unpaired) electrons. The molecule has 1 aromatic heterocycles. The van der Waals surface area contributed by atoms with Crippen LogP contribution in [-0.2, 0) is 11.3 Å². The number of nitrogens with zero attached hydrogens (tertiary/aromatic N) is 5. The average molecular weight is 535 g/mol. The molecule has 0 spiro atoms. The molecular formula is C28H38N8O3. The van der Waals surface area contributed by atoms with E-state index in [1.807, 2.05) is 30.9 Å². The molecule has 1 saturated heterocycles. The lowest BCUT2D eigenvalue weighted by atomic mass is 9.99. The highest BCUT2D eigenvalue weighted by atomic mass is 16.2. The van der Waals surface area contributed by atoms with Gasteiger partial charge in [-0.3, -0.25) is 14.6 Å². The molecule has 1 aromatic carbocycles. The molecule has 2 aromatic rings. The fourth-order valence-corrected chi connectivity index (χ4v) is 3.96. The van der Waals surface area contributed by atoms with Gasteiger partial charge in [0.05, 0.1) is 5.56 Å². The van der Waals surface area contributed by atoms with Gasteiger partial charge in [-0.25, -0.2) is 9.78 Å². The SMILES string of the molecule is CC(C)N=C1CCN(c2ccc(C(=O)N(C)C)cn2)C/C1=C(/N)C(=O)NCc1ccc(NC(=O)N(C)C)cc1. The first-order valence-electron chi connectivity index (χ1n) is 12.8. The van der Waals surface area contributed by atoms with E-state index in [9.17, 15) is 14.4 Å². The number of amides is 4. The molecule has 0 saturated carbocycles. The molecule has 1 fully saturated rings. The maximum absolute atomic E-state index is 13.1. The Bertz CT molecular complexity index is 1250. The van der Waals surface area contributed by atoms with Crippen LogP contribution in [0.3, 0.4) is 0 Å². The molecule has 0 atom stereocenters. The van der Waals surface area contributed by atoms with E-state index in [0.29, 0.717) is 42.2 Å². The van der Waals surface area contributed by atoms with Gasteiger partial charge in [0.15, 0.2) is 0 Å². The van der Waals surface area contributed by atoms with Crippen molar-refractivity contribution in [1.29, 1.82) is 0 Å². The summed E-state index contributed by atoms with van der Waals surface area (Å²) in [5, 5.41) is 5.66. The molecule has 4 amide bonds. The fourth-order valence-electron chi connectivity index (χ4n) is 3.96. The quantitative estimate of drug-likeness (QED) is 0.467. The minimum Gasteiger partial charge on any atom is -0.394 e. The van der Waals surface area contributed by atoms with Crippen molar-refractivity contribution < 1.29 is 14.4 Å². The number of nitrogens with one attached hydrogen (secondary N) is 2. The Morgan fingerprint density at radius 2 is 1.74 bits per heavy atom. The summed E-state index contributed by atoms with van der Waals surface area (Å²) in [6, 6.07) is 10.6. The molecule has 4 N–H and O–H groups in total. The Hall–Kier alpha value is -4.41. The predicted molar refractivity (Wildman–Crippen MR) is 154 cm³/mol. The number of hydrogen-bond donors (Lipinski definition) is 3. The average Bonchev–Trinajstić information content (AvgIpc) is 2.91. The summed E-state index contributed by atoms with van der Waals surface area (Å²) >= 11 is 0. The molecule has 3 rings (SSSR count). The van der Waals surface area contributed by atoms with Crippen molar-refractivity contribution in [2.24, 2.45) is 10.7 Å². The third kappa shape index (κ3) is 7.79. The van der Waals surface area contributed by atoms with E-state index in [-0.39, 0.29) is 36.1 Å². The molecule has 0 unspecified atom stereocenters. The van der Waals surface area contributed by atoms with Crippen LogP contribution in [0.2, 0.25) is 0 Å². The number of pyridine rings is 1. The monoisotopic (exact) mass is 534 g/mol. The Morgan fingerprint density at radius 1 is 1.05 bits per heavy atom. The summed E-state index contributed by atoms with van der Waals surface area (Å²) < 4.78 is 0. The second-order valence-electron chi connectivity index (χ2n) is 10.0. The Morgan fingerprint density at radius 3 is 2.31 bits per heavy atom. The number of benzene rings is 1. The van der Waals surface area contributed by atoms with Crippen molar-refractivity contribution in [2.45, 2.75) is 32.9 Å². The van der Waals surface area contributed by atoms with Gasteiger partial charge in [0.1, 0.15) is 11.5 Å². The van der Waals surface area contributed by atoms with Crippen LogP contribution in [0, 0.1) is 0 Å². The van der Waals surface area contributed by atoms with Crippen LogP contribution < -0.4 is 21.3 Å². The van der Waals surface area contributed by atoms with Crippen molar-refractivity contribution >= 4 is 35.1 Å². The second-order valence-corrected chi connectivity index (χ2v) is 10.0. The number of rotatable bonds is 7. The molecule has 0 bridgehead atoms. The molecular weight excluding hydrogens is 496 g/mol. The van der Waals surface area contributed by atoms with Crippen LogP contribution in [0.4, 0.5) is 16.3 Å². The van der Waals surface area contributed by atoms with E-state index in [0.717, 1.165) is 11.3 Å². The Kier molecular flexibility index (Phi) is 9.64. The molecule has 2 heterocycles. The highest BCUT2D eigenvalue weighted by Crippen LogP contribution is 2.22. The zero-order valence-electron chi connectivity index (χ0n) is 23.5. The number of urea groups is 1. The summed E-state index contributed by atoms with van der Waals surface area (Å²) in [5.41, 5.74) is 10.0. The van der Waals surface area contributed by atoms with E-state index < -0.39 is 0 Å². The predicted octanol–water partition coefficient (Wildman–Crippen LogP) is 2.47. The first-order valence-corrected chi connectivity index (χ1v) is 12.8. The van der Waals surface area contributed by atoms with E-state index >= 15 is 0 Å². The van der Waals surface area contributed by atoms with Crippen LogP contribution >= 0.6 is 0 Å².